The molecule has 1 N–H and O–H groups in total. The Kier molecular flexibility index (Phi) is 9.94. The van der Waals surface area contributed by atoms with Gasteiger partial charge < -0.3 is 10.1 Å². The van der Waals surface area contributed by atoms with Crippen LogP contribution in [-0.4, -0.2) is 25.8 Å². The topological polar surface area (TPSA) is 21.3 Å². The predicted octanol–water partition coefficient (Wildman–Crippen LogP) is 2.58. The van der Waals surface area contributed by atoms with Gasteiger partial charge in [0.05, 0.1) is 6.61 Å². The summed E-state index contributed by atoms with van der Waals surface area (Å²) in [6.07, 6.45) is 5.31. The highest BCUT2D eigenvalue weighted by molar-refractivity contribution is 4.59. The maximum absolute atomic E-state index is 5.25. The summed E-state index contributed by atoms with van der Waals surface area (Å²) in [6, 6.07) is 0.645. The zero-order valence-corrected chi connectivity index (χ0v) is 9.44. The molecule has 0 saturated carbocycles. The monoisotopic (exact) mass is 187 g/mol. The van der Waals surface area contributed by atoms with Crippen LogP contribution in [-0.2, 0) is 4.74 Å². The summed E-state index contributed by atoms with van der Waals surface area (Å²) < 4.78 is 5.25. The Labute approximate surface area is 83.1 Å². The highest BCUT2D eigenvalue weighted by atomic mass is 16.5. The Hall–Kier alpha value is -0.0800. The lowest BCUT2D eigenvalue weighted by Crippen LogP contribution is -2.29. The first kappa shape index (κ1) is 12.9. The average Bonchev–Trinajstić information content (AvgIpc) is 2.13. The summed E-state index contributed by atoms with van der Waals surface area (Å²) in [5.74, 6) is 0. The van der Waals surface area contributed by atoms with Gasteiger partial charge in [0.1, 0.15) is 0 Å². The standard InChI is InChI=1S/C11H25NO/c1-4-6-7-8-11(3)12-9-10-13-5-2/h11-12H,4-10H2,1-3H3. The molecule has 0 aliphatic rings. The molecule has 13 heavy (non-hydrogen) atoms. The molecule has 0 fully saturated rings. The van der Waals surface area contributed by atoms with Gasteiger partial charge in [0.2, 0.25) is 0 Å². The van der Waals surface area contributed by atoms with Crippen LogP contribution in [0.3, 0.4) is 0 Å². The number of hydrogen-bond acceptors (Lipinski definition) is 2. The molecule has 1 atom stereocenters. The van der Waals surface area contributed by atoms with E-state index in [1.54, 1.807) is 0 Å². The van der Waals surface area contributed by atoms with Crippen molar-refractivity contribution in [3.8, 4) is 0 Å². The van der Waals surface area contributed by atoms with Gasteiger partial charge in [-0.25, -0.2) is 0 Å². The van der Waals surface area contributed by atoms with Gasteiger partial charge in [-0.3, -0.25) is 0 Å². The molecule has 0 bridgehead atoms. The van der Waals surface area contributed by atoms with Crippen molar-refractivity contribution in [2.24, 2.45) is 0 Å². The van der Waals surface area contributed by atoms with Crippen LogP contribution in [0.1, 0.15) is 46.5 Å². The second-order valence-electron chi connectivity index (χ2n) is 3.55. The van der Waals surface area contributed by atoms with Gasteiger partial charge >= 0.3 is 0 Å². The van der Waals surface area contributed by atoms with Crippen LogP contribution in [0.2, 0.25) is 0 Å². The number of hydrogen-bond donors (Lipinski definition) is 1. The molecule has 0 radical (unpaired) electrons. The summed E-state index contributed by atoms with van der Waals surface area (Å²) in [4.78, 5) is 0. The third kappa shape index (κ3) is 9.84. The highest BCUT2D eigenvalue weighted by Gasteiger charge is 1.99. The fourth-order valence-corrected chi connectivity index (χ4v) is 1.32. The van der Waals surface area contributed by atoms with Gasteiger partial charge in [-0.1, -0.05) is 26.2 Å². The second-order valence-corrected chi connectivity index (χ2v) is 3.55. The maximum atomic E-state index is 5.25. The van der Waals surface area contributed by atoms with Crippen LogP contribution in [0.5, 0.6) is 0 Å². The molecule has 80 valence electrons. The lowest BCUT2D eigenvalue weighted by atomic mass is 10.1. The Balaban J connectivity index is 3.05. The quantitative estimate of drug-likeness (QED) is 0.560. The van der Waals surface area contributed by atoms with Crippen LogP contribution in [0.15, 0.2) is 0 Å². The Morgan fingerprint density at radius 3 is 2.62 bits per heavy atom. The van der Waals surface area contributed by atoms with E-state index >= 15 is 0 Å². The van der Waals surface area contributed by atoms with E-state index in [9.17, 15) is 0 Å². The molecular formula is C11H25NO. The van der Waals surface area contributed by atoms with Gasteiger partial charge in [0.25, 0.3) is 0 Å². The highest BCUT2D eigenvalue weighted by Crippen LogP contribution is 2.02. The number of unbranched alkanes of at least 4 members (excludes halogenated alkanes) is 2. The largest absolute Gasteiger partial charge is 0.380 e. The SMILES string of the molecule is CCCCCC(C)NCCOCC. The molecule has 2 heteroatoms. The van der Waals surface area contributed by atoms with Crippen LogP contribution in [0.25, 0.3) is 0 Å². The lowest BCUT2D eigenvalue weighted by molar-refractivity contribution is 0.147. The zero-order chi connectivity index (χ0) is 9.94. The minimum atomic E-state index is 0.645. The van der Waals surface area contributed by atoms with Crippen molar-refractivity contribution in [2.75, 3.05) is 19.8 Å². The number of nitrogens with one attached hydrogen (secondary N) is 1. The fourth-order valence-electron chi connectivity index (χ4n) is 1.32. The van der Waals surface area contributed by atoms with Crippen molar-refractivity contribution in [3.63, 3.8) is 0 Å². The Bertz CT molecular complexity index is 96.1. The molecule has 0 saturated heterocycles. The molecule has 0 aliphatic carbocycles. The van der Waals surface area contributed by atoms with Crippen molar-refractivity contribution >= 4 is 0 Å². The summed E-state index contributed by atoms with van der Waals surface area (Å²) in [7, 11) is 0. The van der Waals surface area contributed by atoms with Crippen molar-refractivity contribution < 1.29 is 4.74 Å². The van der Waals surface area contributed by atoms with Crippen molar-refractivity contribution in [1.82, 2.24) is 5.32 Å². The lowest BCUT2D eigenvalue weighted by Gasteiger charge is -2.12. The van der Waals surface area contributed by atoms with Gasteiger partial charge in [-0.15, -0.1) is 0 Å². The van der Waals surface area contributed by atoms with E-state index in [1.807, 2.05) is 6.92 Å². The van der Waals surface area contributed by atoms with Crippen molar-refractivity contribution in [3.05, 3.63) is 0 Å². The van der Waals surface area contributed by atoms with Crippen molar-refractivity contribution in [2.45, 2.75) is 52.5 Å². The fraction of sp³-hybridized carbons (Fsp3) is 1.00. The minimum Gasteiger partial charge on any atom is -0.380 e. The predicted molar refractivity (Wildman–Crippen MR) is 58.1 cm³/mol. The van der Waals surface area contributed by atoms with E-state index in [0.29, 0.717) is 6.04 Å². The maximum Gasteiger partial charge on any atom is 0.0590 e. The molecule has 0 heterocycles. The third-order valence-corrected chi connectivity index (χ3v) is 2.18. The number of rotatable bonds is 9. The van der Waals surface area contributed by atoms with Gasteiger partial charge in [-0.05, 0) is 20.3 Å². The van der Waals surface area contributed by atoms with E-state index in [-0.39, 0.29) is 0 Å². The second kappa shape index (κ2) is 10.0. The van der Waals surface area contributed by atoms with Crippen LogP contribution >= 0.6 is 0 Å². The molecule has 1 unspecified atom stereocenters. The van der Waals surface area contributed by atoms with Crippen LogP contribution in [0, 0.1) is 0 Å². The minimum absolute atomic E-state index is 0.645. The summed E-state index contributed by atoms with van der Waals surface area (Å²) in [5, 5.41) is 3.45. The first-order chi connectivity index (χ1) is 6.31. The number of ether oxygens (including phenoxy) is 1. The van der Waals surface area contributed by atoms with E-state index in [2.05, 4.69) is 19.2 Å². The first-order valence-electron chi connectivity index (χ1n) is 5.62. The van der Waals surface area contributed by atoms with Gasteiger partial charge in [-0.2, -0.15) is 0 Å². The van der Waals surface area contributed by atoms with E-state index < -0.39 is 0 Å². The third-order valence-electron chi connectivity index (χ3n) is 2.18. The summed E-state index contributed by atoms with van der Waals surface area (Å²) >= 11 is 0. The molecule has 0 aliphatic heterocycles. The molecule has 0 aromatic carbocycles. The molecule has 0 aromatic rings. The molecule has 0 spiro atoms. The zero-order valence-electron chi connectivity index (χ0n) is 9.44. The van der Waals surface area contributed by atoms with Gasteiger partial charge in [0.15, 0.2) is 0 Å². The molecule has 0 aromatic heterocycles. The van der Waals surface area contributed by atoms with Crippen molar-refractivity contribution in [1.29, 1.82) is 0 Å². The Morgan fingerprint density at radius 2 is 2.00 bits per heavy atom. The molecule has 0 amide bonds. The van der Waals surface area contributed by atoms with Gasteiger partial charge in [0, 0.05) is 19.2 Å². The Morgan fingerprint density at radius 1 is 1.23 bits per heavy atom. The molecule has 0 rings (SSSR count). The normalized spacial score (nSPS) is 13.2. The molecule has 2 nitrogen and oxygen atoms in total. The van der Waals surface area contributed by atoms with E-state index in [0.717, 1.165) is 19.8 Å². The molecular weight excluding hydrogens is 162 g/mol. The van der Waals surface area contributed by atoms with E-state index in [4.69, 9.17) is 4.74 Å². The van der Waals surface area contributed by atoms with Crippen LogP contribution < -0.4 is 5.32 Å². The summed E-state index contributed by atoms with van der Waals surface area (Å²) in [6.45, 7) is 9.18. The van der Waals surface area contributed by atoms with Crippen LogP contribution in [0.4, 0.5) is 0 Å². The first-order valence-corrected chi connectivity index (χ1v) is 5.62. The smallest absolute Gasteiger partial charge is 0.0590 e. The van der Waals surface area contributed by atoms with E-state index in [1.165, 1.54) is 25.7 Å². The summed E-state index contributed by atoms with van der Waals surface area (Å²) in [5.41, 5.74) is 0. The average molecular weight is 187 g/mol.